The van der Waals surface area contributed by atoms with Gasteiger partial charge in [-0.2, -0.15) is 0 Å². The molecule has 0 radical (unpaired) electrons. The lowest BCUT2D eigenvalue weighted by Gasteiger charge is -2.14. The highest BCUT2D eigenvalue weighted by molar-refractivity contribution is 4.86. The van der Waals surface area contributed by atoms with Gasteiger partial charge in [-0.3, -0.25) is 0 Å². The van der Waals surface area contributed by atoms with E-state index in [0.717, 1.165) is 26.0 Å². The predicted octanol–water partition coefficient (Wildman–Crippen LogP) is 0.777. The minimum absolute atomic E-state index is 0.354. The maximum atomic E-state index is 5.38. The molecule has 0 aliphatic carbocycles. The van der Waals surface area contributed by atoms with Crippen LogP contribution in [0, 0.1) is 12.3 Å². The van der Waals surface area contributed by atoms with Gasteiger partial charge in [-0.25, -0.2) is 0 Å². The molecule has 1 N–H and O–H groups in total. The van der Waals surface area contributed by atoms with E-state index in [0.29, 0.717) is 12.1 Å². The number of terminal acetylenes is 1. The Morgan fingerprint density at radius 2 is 2.55 bits per heavy atom. The normalized spacial score (nSPS) is 30.2. The number of rotatable bonds is 3. The van der Waals surface area contributed by atoms with Crippen LogP contribution in [0.15, 0.2) is 0 Å². The van der Waals surface area contributed by atoms with Crippen LogP contribution < -0.4 is 5.32 Å². The number of nitrogens with one attached hydrogen (secondary N) is 1. The van der Waals surface area contributed by atoms with Gasteiger partial charge in [0.1, 0.15) is 0 Å². The topological polar surface area (TPSA) is 21.3 Å². The molecule has 0 unspecified atom stereocenters. The molecule has 0 aromatic heterocycles. The second kappa shape index (κ2) is 4.38. The van der Waals surface area contributed by atoms with Gasteiger partial charge < -0.3 is 10.1 Å². The fraction of sp³-hybridized carbons (Fsp3) is 0.778. The summed E-state index contributed by atoms with van der Waals surface area (Å²) in [5, 5.41) is 3.36. The third kappa shape index (κ3) is 2.53. The molecule has 0 amide bonds. The molecule has 0 aromatic carbocycles. The largest absolute Gasteiger partial charge is 0.377 e. The van der Waals surface area contributed by atoms with Crippen molar-refractivity contribution in [2.75, 3.05) is 13.2 Å². The van der Waals surface area contributed by atoms with E-state index >= 15 is 0 Å². The minimum Gasteiger partial charge on any atom is -0.377 e. The lowest BCUT2D eigenvalue weighted by molar-refractivity contribution is 0.113. The Balaban J connectivity index is 2.11. The predicted molar refractivity (Wildman–Crippen MR) is 45.3 cm³/mol. The quantitative estimate of drug-likeness (QED) is 0.478. The SMILES string of the molecule is C#CCCN[C@@H]1CCO[C@@H]1C. The fourth-order valence-electron chi connectivity index (χ4n) is 1.33. The Bertz CT molecular complexity index is 150. The molecular weight excluding hydrogens is 138 g/mol. The lowest BCUT2D eigenvalue weighted by atomic mass is 10.1. The third-order valence-electron chi connectivity index (χ3n) is 2.05. The number of hydrogen-bond acceptors (Lipinski definition) is 2. The molecule has 1 rings (SSSR count). The van der Waals surface area contributed by atoms with E-state index in [1.165, 1.54) is 0 Å². The van der Waals surface area contributed by atoms with Gasteiger partial charge in [0.25, 0.3) is 0 Å². The van der Waals surface area contributed by atoms with Crippen LogP contribution in [0.3, 0.4) is 0 Å². The third-order valence-corrected chi connectivity index (χ3v) is 2.05. The Morgan fingerprint density at radius 3 is 3.09 bits per heavy atom. The average molecular weight is 153 g/mol. The van der Waals surface area contributed by atoms with Crippen molar-refractivity contribution in [1.82, 2.24) is 5.32 Å². The average Bonchev–Trinajstić information content (AvgIpc) is 2.37. The summed E-state index contributed by atoms with van der Waals surface area (Å²) >= 11 is 0. The summed E-state index contributed by atoms with van der Waals surface area (Å²) in [5.74, 6) is 2.60. The van der Waals surface area contributed by atoms with E-state index in [4.69, 9.17) is 11.2 Å². The zero-order valence-corrected chi connectivity index (χ0v) is 6.97. The van der Waals surface area contributed by atoms with Gasteiger partial charge in [-0.05, 0) is 13.3 Å². The Morgan fingerprint density at radius 1 is 1.73 bits per heavy atom. The molecule has 2 heteroatoms. The minimum atomic E-state index is 0.354. The van der Waals surface area contributed by atoms with Crippen LogP contribution in [0.25, 0.3) is 0 Å². The summed E-state index contributed by atoms with van der Waals surface area (Å²) in [6.45, 7) is 3.89. The molecule has 62 valence electrons. The van der Waals surface area contributed by atoms with Crippen LogP contribution in [-0.4, -0.2) is 25.3 Å². The van der Waals surface area contributed by atoms with Gasteiger partial charge in [0.2, 0.25) is 0 Å². The molecule has 11 heavy (non-hydrogen) atoms. The lowest BCUT2D eigenvalue weighted by Crippen LogP contribution is -2.35. The van der Waals surface area contributed by atoms with Gasteiger partial charge in [0.05, 0.1) is 6.10 Å². The molecular formula is C9H15NO. The van der Waals surface area contributed by atoms with Gasteiger partial charge in [0.15, 0.2) is 0 Å². The fourth-order valence-corrected chi connectivity index (χ4v) is 1.33. The zero-order chi connectivity index (χ0) is 8.10. The summed E-state index contributed by atoms with van der Waals surface area (Å²) in [7, 11) is 0. The standard InChI is InChI=1S/C9H15NO/c1-3-4-6-10-9-5-7-11-8(9)2/h1,8-10H,4-7H2,2H3/t8-,9-/m1/s1. The van der Waals surface area contributed by atoms with Crippen molar-refractivity contribution < 1.29 is 4.74 Å². The Labute approximate surface area is 68.3 Å². The number of hydrogen-bond donors (Lipinski definition) is 1. The van der Waals surface area contributed by atoms with Crippen LogP contribution in [0.2, 0.25) is 0 Å². The molecule has 0 spiro atoms. The summed E-state index contributed by atoms with van der Waals surface area (Å²) in [5.41, 5.74) is 0. The van der Waals surface area contributed by atoms with Gasteiger partial charge in [-0.1, -0.05) is 0 Å². The maximum absolute atomic E-state index is 5.38. The second-order valence-corrected chi connectivity index (χ2v) is 2.88. The molecule has 0 aromatic rings. The molecule has 1 aliphatic rings. The molecule has 1 saturated heterocycles. The van der Waals surface area contributed by atoms with E-state index in [1.54, 1.807) is 0 Å². The molecule has 0 saturated carbocycles. The van der Waals surface area contributed by atoms with Crippen LogP contribution in [0.4, 0.5) is 0 Å². The van der Waals surface area contributed by atoms with E-state index in [1.807, 2.05) is 0 Å². The van der Waals surface area contributed by atoms with Crippen molar-refractivity contribution in [3.05, 3.63) is 0 Å². The highest BCUT2D eigenvalue weighted by Crippen LogP contribution is 2.11. The van der Waals surface area contributed by atoms with Gasteiger partial charge in [-0.15, -0.1) is 12.3 Å². The molecule has 1 fully saturated rings. The van der Waals surface area contributed by atoms with Crippen molar-refractivity contribution >= 4 is 0 Å². The monoisotopic (exact) mass is 153 g/mol. The Hall–Kier alpha value is -0.520. The summed E-state index contributed by atoms with van der Waals surface area (Å²) < 4.78 is 5.38. The molecule has 2 atom stereocenters. The smallest absolute Gasteiger partial charge is 0.0700 e. The van der Waals surface area contributed by atoms with Crippen LogP contribution >= 0.6 is 0 Å². The first-order chi connectivity index (χ1) is 5.34. The highest BCUT2D eigenvalue weighted by atomic mass is 16.5. The van der Waals surface area contributed by atoms with E-state index in [-0.39, 0.29) is 0 Å². The van der Waals surface area contributed by atoms with Crippen molar-refractivity contribution in [3.63, 3.8) is 0 Å². The maximum Gasteiger partial charge on any atom is 0.0700 e. The van der Waals surface area contributed by atoms with Crippen molar-refractivity contribution in [3.8, 4) is 12.3 Å². The molecule has 2 nitrogen and oxygen atoms in total. The number of ether oxygens (including phenoxy) is 1. The van der Waals surface area contributed by atoms with Gasteiger partial charge in [0, 0.05) is 25.6 Å². The Kier molecular flexibility index (Phi) is 3.41. The first kappa shape index (κ1) is 8.58. The van der Waals surface area contributed by atoms with Crippen molar-refractivity contribution in [2.45, 2.75) is 31.9 Å². The van der Waals surface area contributed by atoms with Crippen LogP contribution in [0.5, 0.6) is 0 Å². The summed E-state index contributed by atoms with van der Waals surface area (Å²) in [6, 6.07) is 0.517. The molecule has 0 bridgehead atoms. The van der Waals surface area contributed by atoms with Crippen molar-refractivity contribution in [2.24, 2.45) is 0 Å². The van der Waals surface area contributed by atoms with E-state index in [9.17, 15) is 0 Å². The van der Waals surface area contributed by atoms with Crippen molar-refractivity contribution in [1.29, 1.82) is 0 Å². The highest BCUT2D eigenvalue weighted by Gasteiger charge is 2.22. The molecule has 1 aliphatic heterocycles. The molecule has 1 heterocycles. The van der Waals surface area contributed by atoms with Gasteiger partial charge >= 0.3 is 0 Å². The first-order valence-corrected chi connectivity index (χ1v) is 4.13. The zero-order valence-electron chi connectivity index (χ0n) is 6.97. The first-order valence-electron chi connectivity index (χ1n) is 4.13. The second-order valence-electron chi connectivity index (χ2n) is 2.88. The van der Waals surface area contributed by atoms with Crippen LogP contribution in [0.1, 0.15) is 19.8 Å². The summed E-state index contributed by atoms with van der Waals surface area (Å²) in [4.78, 5) is 0. The van der Waals surface area contributed by atoms with E-state index < -0.39 is 0 Å². The van der Waals surface area contributed by atoms with E-state index in [2.05, 4.69) is 18.2 Å². The van der Waals surface area contributed by atoms with Crippen LogP contribution in [-0.2, 0) is 4.74 Å². The summed E-state index contributed by atoms with van der Waals surface area (Å²) in [6.07, 6.45) is 7.41.